The van der Waals surface area contributed by atoms with Gasteiger partial charge in [-0.05, 0) is 49.1 Å². The second-order valence-electron chi connectivity index (χ2n) is 9.76. The van der Waals surface area contributed by atoms with Crippen molar-refractivity contribution in [1.29, 1.82) is 0 Å². The number of benzene rings is 2. The first-order valence-electron chi connectivity index (χ1n) is 12.2. The minimum atomic E-state index is -0.651. The minimum absolute atomic E-state index is 0.132. The van der Waals surface area contributed by atoms with Gasteiger partial charge < -0.3 is 14.6 Å². The van der Waals surface area contributed by atoms with Crippen LogP contribution in [0, 0.1) is 5.92 Å². The molecule has 0 amide bonds. The highest BCUT2D eigenvalue weighted by Gasteiger charge is 2.31. The molecule has 2 aromatic carbocycles. The average Bonchev–Trinajstić information content (AvgIpc) is 3.18. The van der Waals surface area contributed by atoms with Crippen molar-refractivity contribution >= 4 is 17.0 Å². The Morgan fingerprint density at radius 2 is 1.70 bits per heavy atom. The lowest BCUT2D eigenvalue weighted by Gasteiger charge is -2.32. The van der Waals surface area contributed by atoms with Crippen LogP contribution >= 0.6 is 0 Å². The summed E-state index contributed by atoms with van der Waals surface area (Å²) in [5, 5.41) is 9.66. The number of hydrogen-bond donors (Lipinski definition) is 1. The fourth-order valence-corrected chi connectivity index (χ4v) is 5.51. The number of nitrogens with zero attached hydrogens (tertiary/aromatic N) is 4. The third-order valence-electron chi connectivity index (χ3n) is 7.53. The third kappa shape index (κ3) is 4.82. The lowest BCUT2D eigenvalue weighted by Crippen LogP contribution is -2.44. The predicted molar refractivity (Wildman–Crippen MR) is 130 cm³/mol. The van der Waals surface area contributed by atoms with Crippen LogP contribution in [0.2, 0.25) is 0 Å². The van der Waals surface area contributed by atoms with E-state index in [1.807, 2.05) is 0 Å². The van der Waals surface area contributed by atoms with E-state index in [2.05, 4.69) is 69.9 Å². The summed E-state index contributed by atoms with van der Waals surface area (Å²) in [6.45, 7) is 5.97. The topological polar surface area (TPSA) is 61.6 Å². The van der Waals surface area contributed by atoms with Crippen molar-refractivity contribution in [2.75, 3.05) is 33.2 Å². The number of piperazine rings is 1. The van der Waals surface area contributed by atoms with E-state index in [4.69, 9.17) is 4.98 Å². The number of hydrogen-bond acceptors (Lipinski definition) is 4. The van der Waals surface area contributed by atoms with Crippen molar-refractivity contribution in [1.82, 2.24) is 19.4 Å². The Kier molecular flexibility index (Phi) is 6.47. The van der Waals surface area contributed by atoms with Gasteiger partial charge in [-0.1, -0.05) is 49.2 Å². The molecule has 0 bridgehead atoms. The second kappa shape index (κ2) is 9.65. The number of rotatable bonds is 6. The highest BCUT2D eigenvalue weighted by Crippen LogP contribution is 2.38. The summed E-state index contributed by atoms with van der Waals surface area (Å²) in [6, 6.07) is 17.0. The minimum Gasteiger partial charge on any atom is -0.481 e. The normalized spacial score (nSPS) is 22.6. The van der Waals surface area contributed by atoms with Gasteiger partial charge in [0.1, 0.15) is 5.82 Å². The van der Waals surface area contributed by atoms with Crippen molar-refractivity contribution in [2.45, 2.75) is 44.7 Å². The summed E-state index contributed by atoms with van der Waals surface area (Å²) >= 11 is 0. The van der Waals surface area contributed by atoms with Crippen LogP contribution in [0.5, 0.6) is 0 Å². The smallest absolute Gasteiger partial charge is 0.307 e. The number of aromatic nitrogens is 2. The number of carbonyl (C=O) groups is 1. The quantitative estimate of drug-likeness (QED) is 0.615. The summed E-state index contributed by atoms with van der Waals surface area (Å²) in [5.41, 5.74) is 4.61. The molecule has 1 saturated carbocycles. The van der Waals surface area contributed by atoms with Crippen LogP contribution in [0.3, 0.4) is 0 Å². The van der Waals surface area contributed by atoms with Gasteiger partial charge in [0.15, 0.2) is 0 Å². The molecule has 0 spiro atoms. The fourth-order valence-electron chi connectivity index (χ4n) is 5.51. The Morgan fingerprint density at radius 1 is 0.970 bits per heavy atom. The Bertz CT molecular complexity index is 1100. The highest BCUT2D eigenvalue weighted by molar-refractivity contribution is 5.76. The molecule has 1 aliphatic heterocycles. The number of fused-ring (bicyclic) bond motifs is 1. The van der Waals surface area contributed by atoms with Gasteiger partial charge in [0.25, 0.3) is 0 Å². The number of imidazole rings is 1. The highest BCUT2D eigenvalue weighted by atomic mass is 16.4. The molecule has 6 nitrogen and oxygen atoms in total. The van der Waals surface area contributed by atoms with Gasteiger partial charge in [0, 0.05) is 32.7 Å². The summed E-state index contributed by atoms with van der Waals surface area (Å²) in [4.78, 5) is 21.6. The van der Waals surface area contributed by atoms with Crippen molar-refractivity contribution in [3.05, 3.63) is 65.5 Å². The predicted octanol–water partition coefficient (Wildman–Crippen LogP) is 4.19. The molecule has 174 valence electrons. The van der Waals surface area contributed by atoms with E-state index in [9.17, 15) is 9.90 Å². The number of para-hydroxylation sites is 2. The summed E-state index contributed by atoms with van der Waals surface area (Å²) in [5.74, 6) is 0.342. The molecule has 5 rings (SSSR count). The zero-order valence-electron chi connectivity index (χ0n) is 19.5. The zero-order valence-corrected chi connectivity index (χ0v) is 19.5. The van der Waals surface area contributed by atoms with Crippen molar-refractivity contribution in [3.63, 3.8) is 0 Å². The van der Waals surface area contributed by atoms with Crippen LogP contribution in [0.1, 0.15) is 48.6 Å². The molecule has 1 unspecified atom stereocenters. The van der Waals surface area contributed by atoms with Gasteiger partial charge >= 0.3 is 5.97 Å². The van der Waals surface area contributed by atoms with Gasteiger partial charge in [-0.3, -0.25) is 9.69 Å². The van der Waals surface area contributed by atoms with E-state index in [0.29, 0.717) is 0 Å². The van der Waals surface area contributed by atoms with Gasteiger partial charge in [-0.15, -0.1) is 0 Å². The molecule has 1 aromatic heterocycles. The number of likely N-dealkylation sites (N-methyl/N-ethyl adjacent to an activating group) is 1. The van der Waals surface area contributed by atoms with Gasteiger partial charge in [-0.25, -0.2) is 4.98 Å². The van der Waals surface area contributed by atoms with Crippen LogP contribution in [0.4, 0.5) is 0 Å². The van der Waals surface area contributed by atoms with E-state index in [0.717, 1.165) is 76.3 Å². The van der Waals surface area contributed by atoms with Crippen LogP contribution in [0.15, 0.2) is 48.5 Å². The lowest BCUT2D eigenvalue weighted by atomic mass is 9.75. The van der Waals surface area contributed by atoms with E-state index < -0.39 is 5.97 Å². The Labute approximate surface area is 195 Å². The first kappa shape index (κ1) is 22.1. The first-order valence-corrected chi connectivity index (χ1v) is 12.2. The molecule has 2 heterocycles. The fraction of sp³-hybridized carbons (Fsp3) is 0.481. The molecule has 1 N–H and O–H groups in total. The van der Waals surface area contributed by atoms with E-state index >= 15 is 0 Å². The molecule has 6 heteroatoms. The Morgan fingerprint density at radius 3 is 2.45 bits per heavy atom. The van der Waals surface area contributed by atoms with E-state index in [-0.39, 0.29) is 11.8 Å². The molecule has 1 aliphatic carbocycles. The maximum Gasteiger partial charge on any atom is 0.307 e. The van der Waals surface area contributed by atoms with Crippen molar-refractivity contribution < 1.29 is 9.90 Å². The van der Waals surface area contributed by atoms with Crippen LogP contribution in [-0.4, -0.2) is 63.7 Å². The van der Waals surface area contributed by atoms with Gasteiger partial charge in [0.05, 0.1) is 23.5 Å². The van der Waals surface area contributed by atoms with E-state index in [1.54, 1.807) is 0 Å². The standard InChI is InChI=1S/C27H34N4O2/c1-29-14-16-30(17-15-29)19-26-28-24-8-4-5-9-25(24)31(26)18-20-10-12-21(13-11-20)22-6-2-3-7-23(22)27(32)33/h4-5,8-13,22-23H,2-3,6-7,14-19H2,1H3,(H,32,33)/t22-,23?/m0/s1. The molecule has 33 heavy (non-hydrogen) atoms. The molecule has 2 aliphatic rings. The third-order valence-corrected chi connectivity index (χ3v) is 7.53. The lowest BCUT2D eigenvalue weighted by molar-refractivity contribution is -0.143. The number of aliphatic carboxylic acids is 1. The molecule has 3 aromatic rings. The van der Waals surface area contributed by atoms with E-state index in [1.165, 1.54) is 16.6 Å². The van der Waals surface area contributed by atoms with Crippen LogP contribution in [-0.2, 0) is 17.9 Å². The number of carboxylic acid groups (broad SMARTS) is 1. The number of carboxylic acids is 1. The summed E-state index contributed by atoms with van der Waals surface area (Å²) < 4.78 is 2.35. The van der Waals surface area contributed by atoms with Gasteiger partial charge in [0.2, 0.25) is 0 Å². The first-order chi connectivity index (χ1) is 16.1. The maximum absolute atomic E-state index is 11.7. The molecular weight excluding hydrogens is 412 g/mol. The summed E-state index contributed by atoms with van der Waals surface area (Å²) in [6.07, 6.45) is 3.90. The Hall–Kier alpha value is -2.70. The van der Waals surface area contributed by atoms with Crippen molar-refractivity contribution in [2.24, 2.45) is 5.92 Å². The van der Waals surface area contributed by atoms with Gasteiger partial charge in [-0.2, -0.15) is 0 Å². The zero-order chi connectivity index (χ0) is 22.8. The molecule has 1 saturated heterocycles. The SMILES string of the molecule is CN1CCN(Cc2nc3ccccc3n2Cc2ccc([C@@H]3CCCCC3C(=O)O)cc2)CC1. The molecule has 0 radical (unpaired) electrons. The molecule has 2 atom stereocenters. The largest absolute Gasteiger partial charge is 0.481 e. The molecule has 2 fully saturated rings. The summed E-state index contributed by atoms with van der Waals surface area (Å²) in [7, 11) is 2.18. The van der Waals surface area contributed by atoms with Crippen LogP contribution in [0.25, 0.3) is 11.0 Å². The van der Waals surface area contributed by atoms with Crippen molar-refractivity contribution in [3.8, 4) is 0 Å². The monoisotopic (exact) mass is 446 g/mol. The average molecular weight is 447 g/mol. The maximum atomic E-state index is 11.7. The second-order valence-corrected chi connectivity index (χ2v) is 9.76. The Balaban J connectivity index is 1.38. The molecular formula is C27H34N4O2. The van der Waals surface area contributed by atoms with Crippen LogP contribution < -0.4 is 0 Å².